The van der Waals surface area contributed by atoms with Crippen LogP contribution in [0.5, 0.6) is 0 Å². The van der Waals surface area contributed by atoms with Crippen molar-refractivity contribution in [3.63, 3.8) is 0 Å². The molecule has 1 saturated heterocycles. The molecule has 94 valence electrons. The van der Waals surface area contributed by atoms with Crippen LogP contribution in [-0.2, 0) is 6.54 Å². The lowest BCUT2D eigenvalue weighted by atomic mass is 10.0. The predicted octanol–water partition coefficient (Wildman–Crippen LogP) is 3.55. The molecule has 1 aliphatic heterocycles. The van der Waals surface area contributed by atoms with E-state index >= 15 is 0 Å². The van der Waals surface area contributed by atoms with Gasteiger partial charge in [-0.1, -0.05) is 22.0 Å². The maximum absolute atomic E-state index is 3.67. The summed E-state index contributed by atoms with van der Waals surface area (Å²) < 4.78 is 1.20. The monoisotopic (exact) mass is 296 g/mol. The van der Waals surface area contributed by atoms with Crippen molar-refractivity contribution >= 4 is 21.6 Å². The van der Waals surface area contributed by atoms with Gasteiger partial charge in [0, 0.05) is 28.8 Å². The predicted molar refractivity (Wildman–Crippen MR) is 77.6 cm³/mol. The summed E-state index contributed by atoms with van der Waals surface area (Å²) in [7, 11) is 1.98. The highest BCUT2D eigenvalue weighted by molar-refractivity contribution is 9.10. The molecule has 2 nitrogen and oxygen atoms in total. The zero-order valence-corrected chi connectivity index (χ0v) is 12.5. The molecule has 1 aromatic carbocycles. The minimum absolute atomic E-state index is 0.296. The van der Waals surface area contributed by atoms with E-state index in [0.717, 1.165) is 6.54 Å². The molecule has 0 bridgehead atoms. The second-order valence-electron chi connectivity index (χ2n) is 5.37. The SMILES string of the molecule is CNCc1ccc(N2CCCC2(C)C)cc1Br. The van der Waals surface area contributed by atoms with Crippen LogP contribution in [0.2, 0.25) is 0 Å². The number of hydrogen-bond donors (Lipinski definition) is 1. The van der Waals surface area contributed by atoms with Gasteiger partial charge in [0.15, 0.2) is 0 Å². The topological polar surface area (TPSA) is 15.3 Å². The van der Waals surface area contributed by atoms with Gasteiger partial charge in [-0.3, -0.25) is 0 Å². The van der Waals surface area contributed by atoms with Gasteiger partial charge in [0.05, 0.1) is 0 Å². The summed E-state index contributed by atoms with van der Waals surface area (Å²) in [5.74, 6) is 0. The smallest absolute Gasteiger partial charge is 0.0382 e. The molecule has 1 aliphatic rings. The molecule has 3 heteroatoms. The Balaban J connectivity index is 2.25. The minimum Gasteiger partial charge on any atom is -0.366 e. The van der Waals surface area contributed by atoms with E-state index in [9.17, 15) is 0 Å². The summed E-state index contributed by atoms with van der Waals surface area (Å²) in [6.07, 6.45) is 2.58. The molecule has 0 amide bonds. The van der Waals surface area contributed by atoms with E-state index in [1.165, 1.54) is 35.1 Å². The van der Waals surface area contributed by atoms with Gasteiger partial charge in [-0.15, -0.1) is 0 Å². The van der Waals surface area contributed by atoms with Crippen molar-refractivity contribution in [2.24, 2.45) is 0 Å². The van der Waals surface area contributed by atoms with Crippen molar-refractivity contribution in [2.45, 2.75) is 38.8 Å². The van der Waals surface area contributed by atoms with Crippen LogP contribution in [0.1, 0.15) is 32.3 Å². The Labute approximate surface area is 113 Å². The Morgan fingerprint density at radius 1 is 1.41 bits per heavy atom. The number of nitrogens with zero attached hydrogens (tertiary/aromatic N) is 1. The lowest BCUT2D eigenvalue weighted by molar-refractivity contribution is 0.518. The van der Waals surface area contributed by atoms with Crippen LogP contribution in [0, 0.1) is 0 Å². The second-order valence-corrected chi connectivity index (χ2v) is 6.23. The highest BCUT2D eigenvalue weighted by Gasteiger charge is 2.31. The van der Waals surface area contributed by atoms with Gasteiger partial charge in [0.25, 0.3) is 0 Å². The molecule has 0 aliphatic carbocycles. The van der Waals surface area contributed by atoms with E-state index < -0.39 is 0 Å². The molecule has 17 heavy (non-hydrogen) atoms. The number of nitrogens with one attached hydrogen (secondary N) is 1. The number of halogens is 1. The van der Waals surface area contributed by atoms with Crippen LogP contribution in [0.3, 0.4) is 0 Å². The fourth-order valence-electron chi connectivity index (χ4n) is 2.62. The maximum atomic E-state index is 3.67. The van der Waals surface area contributed by atoms with Crippen molar-refractivity contribution in [1.82, 2.24) is 5.32 Å². The molecule has 1 aromatic rings. The molecule has 1 heterocycles. The van der Waals surface area contributed by atoms with Gasteiger partial charge < -0.3 is 10.2 Å². The molecule has 0 atom stereocenters. The van der Waals surface area contributed by atoms with Crippen LogP contribution < -0.4 is 10.2 Å². The molecule has 1 fully saturated rings. The van der Waals surface area contributed by atoms with Gasteiger partial charge >= 0.3 is 0 Å². The molecule has 2 rings (SSSR count). The van der Waals surface area contributed by atoms with Crippen LogP contribution in [0.4, 0.5) is 5.69 Å². The van der Waals surface area contributed by atoms with Crippen molar-refractivity contribution in [1.29, 1.82) is 0 Å². The molecule has 0 spiro atoms. The van der Waals surface area contributed by atoms with E-state index in [0.29, 0.717) is 5.54 Å². The molecular formula is C14H21BrN2. The number of rotatable bonds is 3. The van der Waals surface area contributed by atoms with Gasteiger partial charge in [0.1, 0.15) is 0 Å². The van der Waals surface area contributed by atoms with Gasteiger partial charge in [-0.05, 0) is 51.4 Å². The van der Waals surface area contributed by atoms with Gasteiger partial charge in [-0.2, -0.15) is 0 Å². The first-order valence-corrected chi connectivity index (χ1v) is 7.04. The lowest BCUT2D eigenvalue weighted by Crippen LogP contribution is -2.38. The van der Waals surface area contributed by atoms with Crippen LogP contribution in [0.25, 0.3) is 0 Å². The summed E-state index contributed by atoms with van der Waals surface area (Å²) in [5, 5.41) is 3.19. The molecule has 0 saturated carbocycles. The third-order valence-electron chi connectivity index (χ3n) is 3.62. The Morgan fingerprint density at radius 2 is 2.18 bits per heavy atom. The number of benzene rings is 1. The largest absolute Gasteiger partial charge is 0.366 e. The first-order chi connectivity index (χ1) is 8.04. The average molecular weight is 297 g/mol. The van der Waals surface area contributed by atoms with E-state index in [4.69, 9.17) is 0 Å². The van der Waals surface area contributed by atoms with E-state index in [1.807, 2.05) is 7.05 Å². The van der Waals surface area contributed by atoms with Crippen molar-refractivity contribution in [3.8, 4) is 0 Å². The fourth-order valence-corrected chi connectivity index (χ4v) is 3.13. The highest BCUT2D eigenvalue weighted by Crippen LogP contribution is 2.35. The number of anilines is 1. The Kier molecular flexibility index (Phi) is 3.79. The van der Waals surface area contributed by atoms with E-state index in [1.54, 1.807) is 0 Å². The quantitative estimate of drug-likeness (QED) is 0.918. The third-order valence-corrected chi connectivity index (χ3v) is 4.35. The summed E-state index contributed by atoms with van der Waals surface area (Å²) in [5.41, 5.74) is 2.94. The Bertz CT molecular complexity index is 401. The standard InChI is InChI=1S/C14H21BrN2/c1-14(2)7-4-8-17(14)12-6-5-11(10-16-3)13(15)9-12/h5-6,9,16H,4,7-8,10H2,1-3H3. The number of hydrogen-bond acceptors (Lipinski definition) is 2. The van der Waals surface area contributed by atoms with Crippen molar-refractivity contribution in [3.05, 3.63) is 28.2 Å². The summed E-state index contributed by atoms with van der Waals surface area (Å²) in [6, 6.07) is 6.70. The molecule has 1 N–H and O–H groups in total. The lowest BCUT2D eigenvalue weighted by Gasteiger charge is -2.34. The van der Waals surface area contributed by atoms with Crippen LogP contribution in [-0.4, -0.2) is 19.1 Å². The van der Waals surface area contributed by atoms with Crippen molar-refractivity contribution < 1.29 is 0 Å². The molecule has 0 radical (unpaired) electrons. The highest BCUT2D eigenvalue weighted by atomic mass is 79.9. The van der Waals surface area contributed by atoms with E-state index in [2.05, 4.69) is 58.2 Å². The second kappa shape index (κ2) is 4.99. The first kappa shape index (κ1) is 12.9. The van der Waals surface area contributed by atoms with Crippen LogP contribution >= 0.6 is 15.9 Å². The molecular weight excluding hydrogens is 276 g/mol. The maximum Gasteiger partial charge on any atom is 0.0382 e. The Hall–Kier alpha value is -0.540. The normalized spacial score (nSPS) is 18.7. The molecule has 0 unspecified atom stereocenters. The van der Waals surface area contributed by atoms with Crippen molar-refractivity contribution in [2.75, 3.05) is 18.5 Å². The van der Waals surface area contributed by atoms with Crippen LogP contribution in [0.15, 0.2) is 22.7 Å². The molecule has 0 aromatic heterocycles. The van der Waals surface area contributed by atoms with Gasteiger partial charge in [-0.25, -0.2) is 0 Å². The zero-order chi connectivity index (χ0) is 12.5. The zero-order valence-electron chi connectivity index (χ0n) is 10.9. The van der Waals surface area contributed by atoms with E-state index in [-0.39, 0.29) is 0 Å². The summed E-state index contributed by atoms with van der Waals surface area (Å²) >= 11 is 3.67. The summed E-state index contributed by atoms with van der Waals surface area (Å²) in [6.45, 7) is 6.74. The first-order valence-electron chi connectivity index (χ1n) is 6.25. The minimum atomic E-state index is 0.296. The average Bonchev–Trinajstić information content (AvgIpc) is 2.61. The fraction of sp³-hybridized carbons (Fsp3) is 0.571. The Morgan fingerprint density at radius 3 is 2.71 bits per heavy atom. The third kappa shape index (κ3) is 2.66. The summed E-state index contributed by atoms with van der Waals surface area (Å²) in [4.78, 5) is 2.51. The van der Waals surface area contributed by atoms with Gasteiger partial charge in [0.2, 0.25) is 0 Å².